The zero-order valence-electron chi connectivity index (χ0n) is 17.0. The van der Waals surface area contributed by atoms with Crippen LogP contribution in [0.5, 0.6) is 0 Å². The molecular formula is C22H26BN3O3S. The highest BCUT2D eigenvalue weighted by Gasteiger charge is 2.48. The number of nitrogens with zero attached hydrogens (tertiary/aromatic N) is 2. The summed E-state index contributed by atoms with van der Waals surface area (Å²) in [5.74, 6) is -0.723. The standard InChI is InChI=1S/C22H26BN3O3S/c1-14-13-26(11-9-22(14)8-6-15-4-2-3-5-17(15)22)10-7-16(20(27)28)18-12-19(30-25-18)24-21(23)29/h2-6,8,12,14-17H,7,9-11,13H2,1H3,(H,24,29)(H,27,28)/t14-,15?,16?,17?,22-/m0/s1. The number of amides is 1. The van der Waals surface area contributed by atoms with Gasteiger partial charge in [-0.15, -0.1) is 0 Å². The van der Waals surface area contributed by atoms with Gasteiger partial charge in [0.15, 0.2) is 5.81 Å². The van der Waals surface area contributed by atoms with E-state index in [9.17, 15) is 14.7 Å². The molecule has 3 unspecified atom stereocenters. The lowest BCUT2D eigenvalue weighted by Crippen LogP contribution is -2.48. The minimum atomic E-state index is -0.895. The first-order valence-corrected chi connectivity index (χ1v) is 11.2. The molecule has 0 saturated carbocycles. The Balaban J connectivity index is 1.37. The van der Waals surface area contributed by atoms with Crippen molar-refractivity contribution in [3.63, 3.8) is 0 Å². The number of carbonyl (C=O) groups excluding carboxylic acids is 1. The number of aliphatic carboxylic acids is 1. The molecule has 30 heavy (non-hydrogen) atoms. The van der Waals surface area contributed by atoms with Gasteiger partial charge in [-0.1, -0.05) is 43.4 Å². The van der Waals surface area contributed by atoms with Gasteiger partial charge in [-0.25, -0.2) is 0 Å². The third-order valence-electron chi connectivity index (χ3n) is 6.90. The van der Waals surface area contributed by atoms with Crippen molar-refractivity contribution in [2.45, 2.75) is 25.7 Å². The molecule has 2 radical (unpaired) electrons. The van der Waals surface area contributed by atoms with Gasteiger partial charge in [-0.05, 0) is 55.4 Å². The molecule has 1 spiro atoms. The fourth-order valence-corrected chi connectivity index (χ4v) is 5.99. The summed E-state index contributed by atoms with van der Waals surface area (Å²) in [5.41, 5.74) is 0.678. The van der Waals surface area contributed by atoms with Crippen LogP contribution in [-0.2, 0) is 4.79 Å². The first-order chi connectivity index (χ1) is 14.4. The van der Waals surface area contributed by atoms with E-state index in [1.807, 2.05) is 0 Å². The number of likely N-dealkylation sites (tertiary alicyclic amines) is 1. The molecule has 2 aliphatic carbocycles. The number of hydrogen-bond donors (Lipinski definition) is 2. The van der Waals surface area contributed by atoms with Crippen molar-refractivity contribution >= 4 is 36.2 Å². The summed E-state index contributed by atoms with van der Waals surface area (Å²) < 4.78 is 4.22. The molecule has 0 aromatic carbocycles. The van der Waals surface area contributed by atoms with Gasteiger partial charge in [-0.2, -0.15) is 4.37 Å². The lowest BCUT2D eigenvalue weighted by Gasteiger charge is -2.48. The molecule has 1 saturated heterocycles. The minimum Gasteiger partial charge on any atom is -0.481 e. The average Bonchev–Trinajstić information content (AvgIpc) is 3.30. The van der Waals surface area contributed by atoms with Gasteiger partial charge in [0.05, 0.1) is 5.69 Å². The van der Waals surface area contributed by atoms with E-state index < -0.39 is 17.7 Å². The van der Waals surface area contributed by atoms with Crippen LogP contribution >= 0.6 is 11.5 Å². The largest absolute Gasteiger partial charge is 0.481 e. The van der Waals surface area contributed by atoms with Crippen LogP contribution in [0.4, 0.5) is 9.80 Å². The quantitative estimate of drug-likeness (QED) is 0.539. The minimum absolute atomic E-state index is 0.207. The second-order valence-corrected chi connectivity index (χ2v) is 9.39. The Morgan fingerprint density at radius 3 is 2.93 bits per heavy atom. The topological polar surface area (TPSA) is 82.5 Å². The molecule has 1 fully saturated rings. The first-order valence-electron chi connectivity index (χ1n) is 10.4. The van der Waals surface area contributed by atoms with Crippen LogP contribution in [-0.4, -0.2) is 53.6 Å². The van der Waals surface area contributed by atoms with Gasteiger partial charge >= 0.3 is 5.97 Å². The summed E-state index contributed by atoms with van der Waals surface area (Å²) in [7, 11) is 5.12. The van der Waals surface area contributed by atoms with Crippen molar-refractivity contribution < 1.29 is 14.7 Å². The number of carboxylic acid groups (broad SMARTS) is 1. The molecule has 1 amide bonds. The van der Waals surface area contributed by atoms with Crippen LogP contribution in [0.3, 0.4) is 0 Å². The summed E-state index contributed by atoms with van der Waals surface area (Å²) in [4.78, 5) is 25.2. The van der Waals surface area contributed by atoms with Crippen molar-refractivity contribution in [2.24, 2.45) is 23.2 Å². The zero-order chi connectivity index (χ0) is 21.3. The maximum Gasteiger partial charge on any atom is 0.312 e. The number of aromatic nitrogens is 1. The van der Waals surface area contributed by atoms with Gasteiger partial charge < -0.3 is 15.3 Å². The smallest absolute Gasteiger partial charge is 0.312 e. The number of anilines is 1. The van der Waals surface area contributed by atoms with E-state index in [1.165, 1.54) is 0 Å². The highest BCUT2D eigenvalue weighted by atomic mass is 32.1. The Morgan fingerprint density at radius 1 is 1.40 bits per heavy atom. The Bertz CT molecular complexity index is 911. The fraction of sp³-hybridized carbons (Fsp3) is 0.500. The van der Waals surface area contributed by atoms with Crippen LogP contribution in [0.15, 0.2) is 42.5 Å². The molecule has 6 nitrogen and oxygen atoms in total. The molecule has 1 aliphatic heterocycles. The molecule has 3 aliphatic rings. The van der Waals surface area contributed by atoms with Gasteiger partial charge in [0.25, 0.3) is 0 Å². The van der Waals surface area contributed by atoms with Crippen molar-refractivity contribution in [1.82, 2.24) is 9.27 Å². The highest BCUT2D eigenvalue weighted by Crippen LogP contribution is 2.53. The average molecular weight is 423 g/mol. The molecule has 1 aromatic rings. The number of allylic oxidation sites excluding steroid dienone is 6. The second kappa shape index (κ2) is 8.51. The maximum atomic E-state index is 11.8. The van der Waals surface area contributed by atoms with Crippen LogP contribution in [0, 0.1) is 23.2 Å². The van der Waals surface area contributed by atoms with Crippen LogP contribution < -0.4 is 5.32 Å². The second-order valence-electron chi connectivity index (χ2n) is 8.58. The third-order valence-corrected chi connectivity index (χ3v) is 7.62. The molecule has 156 valence electrons. The highest BCUT2D eigenvalue weighted by molar-refractivity contribution is 7.10. The summed E-state index contributed by atoms with van der Waals surface area (Å²) in [6.07, 6.45) is 15.3. The molecule has 4 rings (SSSR count). The Kier molecular flexibility index (Phi) is 5.98. The Morgan fingerprint density at radius 2 is 2.20 bits per heavy atom. The Hall–Kier alpha value is -2.19. The predicted octanol–water partition coefficient (Wildman–Crippen LogP) is 3.66. The van der Waals surface area contributed by atoms with Crippen molar-refractivity contribution in [3.8, 4) is 0 Å². The molecule has 8 heteroatoms. The van der Waals surface area contributed by atoms with Gasteiger partial charge in [-0.3, -0.25) is 9.59 Å². The van der Waals surface area contributed by atoms with E-state index in [-0.39, 0.29) is 5.41 Å². The number of piperidine rings is 1. The third kappa shape index (κ3) is 4.03. The van der Waals surface area contributed by atoms with E-state index in [2.05, 4.69) is 58.0 Å². The van der Waals surface area contributed by atoms with E-state index in [0.717, 1.165) is 31.0 Å². The molecule has 2 N–H and O–H groups in total. The van der Waals surface area contributed by atoms with Crippen LogP contribution in [0.25, 0.3) is 0 Å². The Labute approximate surface area is 182 Å². The first kappa shape index (κ1) is 21.1. The fourth-order valence-electron chi connectivity index (χ4n) is 5.28. The van der Waals surface area contributed by atoms with Gasteiger partial charge in [0.2, 0.25) is 7.85 Å². The van der Waals surface area contributed by atoms with Crippen molar-refractivity contribution in [1.29, 1.82) is 0 Å². The van der Waals surface area contributed by atoms with E-state index in [4.69, 9.17) is 7.85 Å². The maximum absolute atomic E-state index is 11.8. The summed E-state index contributed by atoms with van der Waals surface area (Å²) in [6, 6.07) is 1.61. The van der Waals surface area contributed by atoms with E-state index >= 15 is 0 Å². The lowest BCUT2D eigenvalue weighted by atomic mass is 9.62. The SMILES string of the molecule is [B]C(=O)Nc1cc(C(CCN2CC[C@@]3(C=CC4C=CC=CC43)[C@@H](C)C2)C(=O)O)ns1. The molecule has 1 aromatic heterocycles. The lowest BCUT2D eigenvalue weighted by molar-refractivity contribution is -0.139. The van der Waals surface area contributed by atoms with Crippen molar-refractivity contribution in [2.75, 3.05) is 25.0 Å². The van der Waals surface area contributed by atoms with Crippen molar-refractivity contribution in [3.05, 3.63) is 48.2 Å². The number of carbonyl (C=O) groups is 2. The number of carboxylic acids is 1. The normalized spacial score (nSPS) is 31.0. The molecule has 0 bridgehead atoms. The summed E-state index contributed by atoms with van der Waals surface area (Å²) >= 11 is 1.05. The van der Waals surface area contributed by atoms with Gasteiger partial charge in [0, 0.05) is 17.9 Å². The molecule has 5 atom stereocenters. The zero-order valence-corrected chi connectivity index (χ0v) is 17.8. The van der Waals surface area contributed by atoms with Crippen LogP contribution in [0.1, 0.15) is 31.4 Å². The summed E-state index contributed by atoms with van der Waals surface area (Å²) in [6.45, 7) is 4.96. The van der Waals surface area contributed by atoms with Gasteiger partial charge in [0.1, 0.15) is 10.9 Å². The summed E-state index contributed by atoms with van der Waals surface area (Å²) in [5, 5.41) is 12.6. The van der Waals surface area contributed by atoms with E-state index in [1.54, 1.807) is 6.07 Å². The molecule has 2 heterocycles. The number of fused-ring (bicyclic) bond motifs is 2. The predicted molar refractivity (Wildman–Crippen MR) is 119 cm³/mol. The number of rotatable bonds is 6. The van der Waals surface area contributed by atoms with Crippen LogP contribution in [0.2, 0.25) is 0 Å². The monoisotopic (exact) mass is 423 g/mol. The number of nitrogens with one attached hydrogen (secondary N) is 1. The van der Waals surface area contributed by atoms with E-state index in [0.29, 0.717) is 41.4 Å². The number of hydrogen-bond acceptors (Lipinski definition) is 5. The molecular weight excluding hydrogens is 397 g/mol.